The van der Waals surface area contributed by atoms with Gasteiger partial charge in [-0.15, -0.1) is 11.3 Å². The highest BCUT2D eigenvalue weighted by Gasteiger charge is 2.13. The Morgan fingerprint density at radius 1 is 1.12 bits per heavy atom. The number of hydrogen-bond acceptors (Lipinski definition) is 3. The van der Waals surface area contributed by atoms with Crippen LogP contribution in [0.5, 0.6) is 0 Å². The molecule has 0 atom stereocenters. The SMILES string of the molecule is Cc1ccc(C(=O)/C=C/c2c(-c3ccc(Br)cc3)nc3sccn23)cc1. The van der Waals surface area contributed by atoms with E-state index in [9.17, 15) is 4.79 Å². The van der Waals surface area contributed by atoms with Crippen LogP contribution in [0.1, 0.15) is 21.6 Å². The van der Waals surface area contributed by atoms with Gasteiger partial charge in [-0.25, -0.2) is 4.98 Å². The molecule has 0 aliphatic rings. The summed E-state index contributed by atoms with van der Waals surface area (Å²) in [5, 5.41) is 1.99. The van der Waals surface area contributed by atoms with Gasteiger partial charge in [-0.05, 0) is 31.2 Å². The van der Waals surface area contributed by atoms with Crippen molar-refractivity contribution in [2.75, 3.05) is 0 Å². The molecule has 3 nitrogen and oxygen atoms in total. The summed E-state index contributed by atoms with van der Waals surface area (Å²) in [7, 11) is 0. The van der Waals surface area contributed by atoms with Crippen molar-refractivity contribution >= 4 is 44.1 Å². The molecule has 0 aliphatic carbocycles. The molecule has 0 unspecified atom stereocenters. The molecule has 128 valence electrons. The number of aromatic nitrogens is 2. The number of carbonyl (C=O) groups is 1. The number of thiazole rings is 1. The van der Waals surface area contributed by atoms with Crippen molar-refractivity contribution in [3.63, 3.8) is 0 Å². The van der Waals surface area contributed by atoms with Crippen molar-refractivity contribution in [3.8, 4) is 11.3 Å². The van der Waals surface area contributed by atoms with Crippen LogP contribution in [0.2, 0.25) is 0 Å². The van der Waals surface area contributed by atoms with E-state index in [2.05, 4.69) is 15.9 Å². The minimum Gasteiger partial charge on any atom is -0.290 e. The van der Waals surface area contributed by atoms with E-state index in [0.29, 0.717) is 5.56 Å². The van der Waals surface area contributed by atoms with E-state index < -0.39 is 0 Å². The first kappa shape index (κ1) is 16.9. The number of ketones is 1. The van der Waals surface area contributed by atoms with Gasteiger partial charge in [0.25, 0.3) is 0 Å². The number of carbonyl (C=O) groups excluding carboxylic acids is 1. The Morgan fingerprint density at radius 3 is 2.58 bits per heavy atom. The Labute approximate surface area is 163 Å². The zero-order chi connectivity index (χ0) is 18.1. The van der Waals surface area contributed by atoms with Crippen molar-refractivity contribution in [3.05, 3.63) is 87.5 Å². The van der Waals surface area contributed by atoms with E-state index >= 15 is 0 Å². The molecule has 2 heterocycles. The second-order valence-corrected chi connectivity index (χ2v) is 7.76. The molecule has 0 saturated carbocycles. The highest BCUT2D eigenvalue weighted by molar-refractivity contribution is 9.10. The molecule has 4 aromatic rings. The van der Waals surface area contributed by atoms with Crippen LogP contribution in [0, 0.1) is 6.92 Å². The average molecular weight is 423 g/mol. The third kappa shape index (κ3) is 3.28. The molecular formula is C21H15BrN2OS. The summed E-state index contributed by atoms with van der Waals surface area (Å²) >= 11 is 5.04. The molecule has 0 spiro atoms. The van der Waals surface area contributed by atoms with Crippen LogP contribution >= 0.6 is 27.3 Å². The third-order valence-electron chi connectivity index (χ3n) is 4.15. The number of imidazole rings is 1. The van der Waals surface area contributed by atoms with Crippen molar-refractivity contribution in [2.45, 2.75) is 6.92 Å². The molecule has 4 rings (SSSR count). The van der Waals surface area contributed by atoms with E-state index in [0.717, 1.165) is 31.9 Å². The lowest BCUT2D eigenvalue weighted by Gasteiger charge is -2.01. The molecule has 2 aromatic carbocycles. The fourth-order valence-corrected chi connectivity index (χ4v) is 3.74. The Balaban J connectivity index is 1.74. The zero-order valence-corrected chi connectivity index (χ0v) is 16.4. The summed E-state index contributed by atoms with van der Waals surface area (Å²) < 4.78 is 3.04. The fraction of sp³-hybridized carbons (Fsp3) is 0.0476. The summed E-state index contributed by atoms with van der Waals surface area (Å²) in [4.78, 5) is 18.1. The van der Waals surface area contributed by atoms with Gasteiger partial charge >= 0.3 is 0 Å². The molecule has 0 radical (unpaired) electrons. The maximum atomic E-state index is 12.5. The largest absolute Gasteiger partial charge is 0.290 e. The highest BCUT2D eigenvalue weighted by Crippen LogP contribution is 2.28. The lowest BCUT2D eigenvalue weighted by atomic mass is 10.1. The molecule has 0 N–H and O–H groups in total. The van der Waals surface area contributed by atoms with Crippen LogP contribution < -0.4 is 0 Å². The van der Waals surface area contributed by atoms with Crippen LogP contribution in [-0.4, -0.2) is 15.2 Å². The molecule has 26 heavy (non-hydrogen) atoms. The summed E-state index contributed by atoms with van der Waals surface area (Å²) in [5.74, 6) is -0.0167. The monoisotopic (exact) mass is 422 g/mol. The Hall–Kier alpha value is -2.50. The van der Waals surface area contributed by atoms with E-state index in [4.69, 9.17) is 4.98 Å². The molecule has 2 aromatic heterocycles. The first-order chi connectivity index (χ1) is 12.6. The number of benzene rings is 2. The van der Waals surface area contributed by atoms with Crippen molar-refractivity contribution < 1.29 is 4.79 Å². The average Bonchev–Trinajstić information content (AvgIpc) is 3.22. The van der Waals surface area contributed by atoms with Crippen LogP contribution in [0.4, 0.5) is 0 Å². The minimum absolute atomic E-state index is 0.0167. The molecule has 0 fully saturated rings. The van der Waals surface area contributed by atoms with Gasteiger partial charge in [-0.1, -0.05) is 57.9 Å². The van der Waals surface area contributed by atoms with Gasteiger partial charge in [0.05, 0.1) is 11.4 Å². The van der Waals surface area contributed by atoms with Crippen LogP contribution in [0.25, 0.3) is 22.3 Å². The minimum atomic E-state index is -0.0167. The number of fused-ring (bicyclic) bond motifs is 1. The smallest absolute Gasteiger partial charge is 0.194 e. The standard InChI is InChI=1S/C21H15BrN2OS/c1-14-2-4-15(5-3-14)19(25)11-10-18-20(16-6-8-17(22)9-7-16)23-21-24(18)12-13-26-21/h2-13H,1H3/b11-10+. The molecule has 0 bridgehead atoms. The fourth-order valence-electron chi connectivity index (χ4n) is 2.75. The predicted molar refractivity (Wildman–Crippen MR) is 111 cm³/mol. The maximum absolute atomic E-state index is 12.5. The van der Waals surface area contributed by atoms with Gasteiger partial charge in [0.15, 0.2) is 10.7 Å². The first-order valence-corrected chi connectivity index (χ1v) is 9.79. The second kappa shape index (κ2) is 7.02. The van der Waals surface area contributed by atoms with Gasteiger partial charge in [-0.3, -0.25) is 9.20 Å². The van der Waals surface area contributed by atoms with Gasteiger partial charge in [0.1, 0.15) is 0 Å². The number of rotatable bonds is 4. The van der Waals surface area contributed by atoms with E-state index in [-0.39, 0.29) is 5.78 Å². The summed E-state index contributed by atoms with van der Waals surface area (Å²) in [5.41, 5.74) is 4.62. The predicted octanol–water partition coefficient (Wildman–Crippen LogP) is 6.03. The zero-order valence-electron chi connectivity index (χ0n) is 14.0. The topological polar surface area (TPSA) is 34.4 Å². The second-order valence-electron chi connectivity index (χ2n) is 5.97. The third-order valence-corrected chi connectivity index (χ3v) is 5.43. The molecular weight excluding hydrogens is 408 g/mol. The van der Waals surface area contributed by atoms with Gasteiger partial charge in [-0.2, -0.15) is 0 Å². The Kier molecular flexibility index (Phi) is 4.57. The first-order valence-electron chi connectivity index (χ1n) is 8.12. The summed E-state index contributed by atoms with van der Waals surface area (Å²) in [6, 6.07) is 15.6. The van der Waals surface area contributed by atoms with Crippen LogP contribution in [0.3, 0.4) is 0 Å². The van der Waals surface area contributed by atoms with Crippen molar-refractivity contribution in [1.29, 1.82) is 0 Å². The molecule has 5 heteroatoms. The number of hydrogen-bond donors (Lipinski definition) is 0. The van der Waals surface area contributed by atoms with Gasteiger partial charge in [0.2, 0.25) is 0 Å². The molecule has 0 amide bonds. The molecule has 0 saturated heterocycles. The number of nitrogens with zero attached hydrogens (tertiary/aromatic N) is 2. The van der Waals surface area contributed by atoms with Crippen molar-refractivity contribution in [1.82, 2.24) is 9.38 Å². The number of allylic oxidation sites excluding steroid dienone is 1. The van der Waals surface area contributed by atoms with E-state index in [1.807, 2.05) is 77.5 Å². The van der Waals surface area contributed by atoms with Crippen LogP contribution in [-0.2, 0) is 0 Å². The lowest BCUT2D eigenvalue weighted by molar-refractivity contribution is 0.104. The van der Waals surface area contributed by atoms with Crippen LogP contribution in [0.15, 0.2) is 70.7 Å². The quantitative estimate of drug-likeness (QED) is 0.297. The van der Waals surface area contributed by atoms with Gasteiger partial charge in [0, 0.05) is 27.2 Å². The van der Waals surface area contributed by atoms with E-state index in [1.165, 1.54) is 0 Å². The highest BCUT2D eigenvalue weighted by atomic mass is 79.9. The summed E-state index contributed by atoms with van der Waals surface area (Å²) in [6.07, 6.45) is 5.45. The normalized spacial score (nSPS) is 11.5. The van der Waals surface area contributed by atoms with E-state index in [1.54, 1.807) is 17.4 Å². The van der Waals surface area contributed by atoms with Gasteiger partial charge < -0.3 is 0 Å². The Morgan fingerprint density at radius 2 is 1.85 bits per heavy atom. The number of halogens is 1. The summed E-state index contributed by atoms with van der Waals surface area (Å²) in [6.45, 7) is 2.01. The number of aryl methyl sites for hydroxylation is 1. The van der Waals surface area contributed by atoms with Crippen molar-refractivity contribution in [2.24, 2.45) is 0 Å². The maximum Gasteiger partial charge on any atom is 0.194 e. The lowest BCUT2D eigenvalue weighted by Crippen LogP contribution is -1.94. The molecule has 0 aliphatic heterocycles. The Bertz CT molecular complexity index is 1110.